The largest absolute Gasteiger partial charge is 0.493 e. The van der Waals surface area contributed by atoms with Crippen LogP contribution < -0.4 is 14.2 Å². The molecule has 3 nitrogen and oxygen atoms in total. The zero-order valence-electron chi connectivity index (χ0n) is 9.02. The van der Waals surface area contributed by atoms with Gasteiger partial charge in [0, 0.05) is 11.4 Å². The van der Waals surface area contributed by atoms with Crippen LogP contribution in [0, 0.1) is 6.07 Å². The second kappa shape index (κ2) is 4.90. The summed E-state index contributed by atoms with van der Waals surface area (Å²) in [6.45, 7) is 0. The molecule has 0 bridgehead atoms. The number of ether oxygens (including phenoxy) is 3. The fourth-order valence-electron chi connectivity index (χ4n) is 1.33. The summed E-state index contributed by atoms with van der Waals surface area (Å²) >= 11 is 1.48. The highest BCUT2D eigenvalue weighted by atomic mass is 32.1. The topological polar surface area (TPSA) is 27.7 Å². The van der Waals surface area contributed by atoms with Crippen LogP contribution in [0.3, 0.4) is 0 Å². The Balaban J connectivity index is 2.33. The first-order chi connectivity index (χ1) is 7.85. The first kappa shape index (κ1) is 10.8. The maximum absolute atomic E-state index is 5.67. The molecule has 83 valence electrons. The number of rotatable bonds is 4. The smallest absolute Gasteiger partial charge is 0.203 e. The molecule has 0 fully saturated rings. The Morgan fingerprint density at radius 1 is 1.12 bits per heavy atom. The number of thiophene rings is 1. The van der Waals surface area contributed by atoms with E-state index < -0.39 is 0 Å². The van der Waals surface area contributed by atoms with Crippen LogP contribution in [0.2, 0.25) is 0 Å². The van der Waals surface area contributed by atoms with Crippen LogP contribution in [0.15, 0.2) is 29.6 Å². The number of hydrogen-bond acceptors (Lipinski definition) is 4. The van der Waals surface area contributed by atoms with Crippen molar-refractivity contribution in [3.05, 3.63) is 35.7 Å². The van der Waals surface area contributed by atoms with Crippen LogP contribution in [-0.2, 0) is 0 Å². The summed E-state index contributed by atoms with van der Waals surface area (Å²) in [6, 6.07) is 10.2. The quantitative estimate of drug-likeness (QED) is 0.813. The average molecular weight is 235 g/mol. The van der Waals surface area contributed by atoms with Crippen molar-refractivity contribution < 1.29 is 14.2 Å². The Morgan fingerprint density at radius 2 is 1.94 bits per heavy atom. The van der Waals surface area contributed by atoms with E-state index >= 15 is 0 Å². The first-order valence-corrected chi connectivity index (χ1v) is 5.56. The molecule has 0 aliphatic carbocycles. The lowest BCUT2D eigenvalue weighted by molar-refractivity contribution is 0.337. The van der Waals surface area contributed by atoms with Crippen molar-refractivity contribution >= 4 is 11.3 Å². The van der Waals surface area contributed by atoms with E-state index in [1.54, 1.807) is 20.3 Å². The molecule has 2 aromatic rings. The molecule has 0 spiro atoms. The van der Waals surface area contributed by atoms with E-state index in [9.17, 15) is 0 Å². The van der Waals surface area contributed by atoms with Gasteiger partial charge in [0.15, 0.2) is 16.6 Å². The van der Waals surface area contributed by atoms with Crippen molar-refractivity contribution in [2.24, 2.45) is 0 Å². The third-order valence-corrected chi connectivity index (χ3v) is 2.71. The molecule has 16 heavy (non-hydrogen) atoms. The Hall–Kier alpha value is -1.68. The van der Waals surface area contributed by atoms with Crippen LogP contribution in [-0.4, -0.2) is 14.2 Å². The molecule has 2 rings (SSSR count). The van der Waals surface area contributed by atoms with Crippen molar-refractivity contribution in [2.75, 3.05) is 14.2 Å². The monoisotopic (exact) mass is 235 g/mol. The zero-order chi connectivity index (χ0) is 11.4. The third kappa shape index (κ3) is 2.12. The lowest BCUT2D eigenvalue weighted by atomic mass is 10.3. The minimum atomic E-state index is 0.596. The predicted octanol–water partition coefficient (Wildman–Crippen LogP) is 3.36. The summed E-state index contributed by atoms with van der Waals surface area (Å²) < 4.78 is 16.1. The van der Waals surface area contributed by atoms with Gasteiger partial charge in [-0.1, -0.05) is 6.07 Å². The normalized spacial score (nSPS) is 9.88. The fourth-order valence-corrected chi connectivity index (χ4v) is 1.85. The van der Waals surface area contributed by atoms with E-state index in [0.29, 0.717) is 17.2 Å². The maximum atomic E-state index is 5.67. The molecule has 4 heteroatoms. The maximum Gasteiger partial charge on any atom is 0.203 e. The van der Waals surface area contributed by atoms with Crippen molar-refractivity contribution in [2.45, 2.75) is 0 Å². The van der Waals surface area contributed by atoms with E-state index in [1.807, 2.05) is 23.6 Å². The molecule has 0 atom stereocenters. The van der Waals surface area contributed by atoms with Crippen LogP contribution in [0.5, 0.6) is 22.3 Å². The summed E-state index contributed by atoms with van der Waals surface area (Å²) in [5, 5.41) is 2.61. The second-order valence-electron chi connectivity index (χ2n) is 2.96. The third-order valence-electron chi connectivity index (χ3n) is 2.02. The van der Waals surface area contributed by atoms with Crippen LogP contribution in [0.25, 0.3) is 0 Å². The lowest BCUT2D eigenvalue weighted by Gasteiger charge is -2.11. The van der Waals surface area contributed by atoms with Gasteiger partial charge in [-0.05, 0) is 18.2 Å². The molecule has 0 N–H and O–H groups in total. The van der Waals surface area contributed by atoms with E-state index in [1.165, 1.54) is 11.3 Å². The predicted molar refractivity (Wildman–Crippen MR) is 62.8 cm³/mol. The van der Waals surface area contributed by atoms with E-state index in [0.717, 1.165) is 5.06 Å². The van der Waals surface area contributed by atoms with Gasteiger partial charge in [0.2, 0.25) is 5.75 Å². The standard InChI is InChI=1S/C12H11O3S/c1-13-9-5-3-6-10(12(9)14-2)15-11-7-4-8-16-11/h3,5-8H,1-2H3. The van der Waals surface area contributed by atoms with Gasteiger partial charge in [0.05, 0.1) is 14.2 Å². The molecule has 0 aliphatic rings. The van der Waals surface area contributed by atoms with Gasteiger partial charge in [-0.15, -0.1) is 11.3 Å². The molecule has 0 saturated carbocycles. The SMILES string of the molecule is COc1cccc(Oc2c[c]cs2)c1OC. The summed E-state index contributed by atoms with van der Waals surface area (Å²) in [4.78, 5) is 0. The van der Waals surface area contributed by atoms with Gasteiger partial charge in [0.1, 0.15) is 0 Å². The van der Waals surface area contributed by atoms with Gasteiger partial charge in [-0.25, -0.2) is 0 Å². The molecule has 0 amide bonds. The fraction of sp³-hybridized carbons (Fsp3) is 0.167. The van der Waals surface area contributed by atoms with Crippen LogP contribution >= 0.6 is 11.3 Å². The average Bonchev–Trinajstić information content (AvgIpc) is 2.81. The molecule has 1 aromatic heterocycles. The minimum absolute atomic E-state index is 0.596. The van der Waals surface area contributed by atoms with Crippen molar-refractivity contribution in [1.29, 1.82) is 0 Å². The Labute approximate surface area is 98.2 Å². The second-order valence-corrected chi connectivity index (χ2v) is 3.83. The highest BCUT2D eigenvalue weighted by Gasteiger charge is 2.11. The lowest BCUT2D eigenvalue weighted by Crippen LogP contribution is -1.93. The van der Waals surface area contributed by atoms with Gasteiger partial charge in [-0.3, -0.25) is 0 Å². The van der Waals surface area contributed by atoms with Crippen molar-refractivity contribution in [1.82, 2.24) is 0 Å². The van der Waals surface area contributed by atoms with Gasteiger partial charge in [-0.2, -0.15) is 0 Å². The van der Waals surface area contributed by atoms with E-state index in [2.05, 4.69) is 6.07 Å². The molecule has 0 unspecified atom stereocenters. The number of methoxy groups -OCH3 is 2. The first-order valence-electron chi connectivity index (χ1n) is 4.68. The minimum Gasteiger partial charge on any atom is -0.493 e. The molecule has 1 aromatic carbocycles. The molecule has 1 heterocycles. The molecule has 1 radical (unpaired) electrons. The van der Waals surface area contributed by atoms with Gasteiger partial charge >= 0.3 is 0 Å². The van der Waals surface area contributed by atoms with Crippen molar-refractivity contribution in [3.63, 3.8) is 0 Å². The van der Waals surface area contributed by atoms with E-state index in [4.69, 9.17) is 14.2 Å². The van der Waals surface area contributed by atoms with Crippen molar-refractivity contribution in [3.8, 4) is 22.3 Å². The Morgan fingerprint density at radius 3 is 2.56 bits per heavy atom. The van der Waals surface area contributed by atoms with Crippen LogP contribution in [0.4, 0.5) is 0 Å². The summed E-state index contributed by atoms with van der Waals surface area (Å²) in [6.07, 6.45) is 0. The highest BCUT2D eigenvalue weighted by molar-refractivity contribution is 7.11. The summed E-state index contributed by atoms with van der Waals surface area (Å²) in [7, 11) is 3.19. The zero-order valence-corrected chi connectivity index (χ0v) is 9.84. The molecular formula is C12H11O3S. The van der Waals surface area contributed by atoms with Crippen LogP contribution in [0.1, 0.15) is 0 Å². The number of para-hydroxylation sites is 1. The Bertz CT molecular complexity index is 451. The Kier molecular flexibility index (Phi) is 3.31. The molecule has 0 saturated heterocycles. The van der Waals surface area contributed by atoms with E-state index in [-0.39, 0.29) is 0 Å². The number of hydrogen-bond donors (Lipinski definition) is 0. The molecular weight excluding hydrogens is 224 g/mol. The highest BCUT2D eigenvalue weighted by Crippen LogP contribution is 2.39. The van der Waals surface area contributed by atoms with Gasteiger partial charge < -0.3 is 14.2 Å². The number of benzene rings is 1. The summed E-state index contributed by atoms with van der Waals surface area (Å²) in [5.41, 5.74) is 0. The molecule has 0 aliphatic heterocycles. The van der Waals surface area contributed by atoms with Gasteiger partial charge in [0.25, 0.3) is 0 Å². The summed E-state index contributed by atoms with van der Waals surface area (Å²) in [5.74, 6) is 1.89.